The van der Waals surface area contributed by atoms with E-state index in [0.29, 0.717) is 42.7 Å². The van der Waals surface area contributed by atoms with Crippen molar-refractivity contribution >= 4 is 38.9 Å². The molecule has 8 nitrogen and oxygen atoms in total. The zero-order valence-electron chi connectivity index (χ0n) is 20.5. The van der Waals surface area contributed by atoms with Crippen LogP contribution in [0.15, 0.2) is 53.4 Å². The molecule has 2 heterocycles. The molecule has 2 aliphatic rings. The Balaban J connectivity index is 1.50. The SMILES string of the molecule is CC(C)N(C(=O)CCCN1C(=O)c2ccccc2N2C(=O)CCC12C)c1ccc(S(C)(=O)=O)cc1. The van der Waals surface area contributed by atoms with Crippen molar-refractivity contribution in [3.63, 3.8) is 0 Å². The summed E-state index contributed by atoms with van der Waals surface area (Å²) in [6, 6.07) is 13.3. The average molecular weight is 498 g/mol. The molecule has 1 atom stereocenters. The summed E-state index contributed by atoms with van der Waals surface area (Å²) in [4.78, 5) is 44.6. The van der Waals surface area contributed by atoms with Crippen LogP contribution in [0.25, 0.3) is 0 Å². The van der Waals surface area contributed by atoms with Crippen LogP contribution >= 0.6 is 0 Å². The summed E-state index contributed by atoms with van der Waals surface area (Å²) in [7, 11) is -3.32. The van der Waals surface area contributed by atoms with Gasteiger partial charge in [-0.15, -0.1) is 0 Å². The van der Waals surface area contributed by atoms with E-state index in [1.165, 1.54) is 12.1 Å². The number of nitrogens with zero attached hydrogens (tertiary/aromatic N) is 3. The molecule has 0 bridgehead atoms. The van der Waals surface area contributed by atoms with Crippen molar-refractivity contribution in [2.45, 2.75) is 63.1 Å². The lowest BCUT2D eigenvalue weighted by molar-refractivity contribution is -0.119. The number of rotatable bonds is 7. The molecule has 1 fully saturated rings. The molecule has 0 aliphatic carbocycles. The first kappa shape index (κ1) is 24.9. The third kappa shape index (κ3) is 4.45. The standard InChI is InChI=1S/C26H31N3O5S/c1-18(2)28(19-11-13-20(14-12-19)35(4,33)34)23(30)10-7-17-27-25(32)21-8-5-6-9-22(21)29-24(31)15-16-26(27,29)3/h5-6,8-9,11-14,18H,7,10,15-17H2,1-4H3. The van der Waals surface area contributed by atoms with Gasteiger partial charge in [0.1, 0.15) is 5.66 Å². The summed E-state index contributed by atoms with van der Waals surface area (Å²) >= 11 is 0. The van der Waals surface area contributed by atoms with Crippen LogP contribution in [-0.2, 0) is 19.4 Å². The molecule has 0 saturated carbocycles. The fraction of sp³-hybridized carbons (Fsp3) is 0.423. The smallest absolute Gasteiger partial charge is 0.257 e. The quantitative estimate of drug-likeness (QED) is 0.582. The lowest BCUT2D eigenvalue weighted by Gasteiger charge is -2.48. The number of para-hydroxylation sites is 1. The van der Waals surface area contributed by atoms with E-state index in [2.05, 4.69) is 0 Å². The van der Waals surface area contributed by atoms with Gasteiger partial charge in [0.05, 0.1) is 16.1 Å². The first-order chi connectivity index (χ1) is 16.4. The normalized spacial score (nSPS) is 19.7. The fourth-order valence-corrected chi connectivity index (χ4v) is 5.76. The number of carbonyl (C=O) groups excluding carboxylic acids is 3. The highest BCUT2D eigenvalue weighted by Gasteiger charge is 2.52. The third-order valence-corrected chi connectivity index (χ3v) is 7.97. The van der Waals surface area contributed by atoms with E-state index in [1.54, 1.807) is 39.0 Å². The lowest BCUT2D eigenvalue weighted by Crippen LogP contribution is -2.62. The van der Waals surface area contributed by atoms with Gasteiger partial charge in [-0.2, -0.15) is 0 Å². The van der Waals surface area contributed by atoms with E-state index in [1.807, 2.05) is 32.9 Å². The minimum absolute atomic E-state index is 0.00273. The molecule has 4 rings (SSSR count). The summed E-state index contributed by atoms with van der Waals surface area (Å²) in [5.74, 6) is -0.239. The maximum atomic E-state index is 13.4. The summed E-state index contributed by atoms with van der Waals surface area (Å²) in [6.45, 7) is 6.06. The molecule has 35 heavy (non-hydrogen) atoms. The van der Waals surface area contributed by atoms with Gasteiger partial charge < -0.3 is 9.80 Å². The van der Waals surface area contributed by atoms with Crippen molar-refractivity contribution in [1.29, 1.82) is 0 Å². The zero-order chi connectivity index (χ0) is 25.5. The Labute approximate surface area is 206 Å². The number of sulfone groups is 1. The second-order valence-electron chi connectivity index (χ2n) is 9.65. The zero-order valence-corrected chi connectivity index (χ0v) is 21.3. The van der Waals surface area contributed by atoms with Crippen LogP contribution in [0.3, 0.4) is 0 Å². The van der Waals surface area contributed by atoms with Gasteiger partial charge in [-0.3, -0.25) is 19.3 Å². The number of carbonyl (C=O) groups is 3. The van der Waals surface area contributed by atoms with Crippen LogP contribution in [0.1, 0.15) is 56.8 Å². The van der Waals surface area contributed by atoms with Gasteiger partial charge in [-0.05, 0) is 70.0 Å². The molecule has 2 aliphatic heterocycles. The van der Waals surface area contributed by atoms with Crippen LogP contribution in [0, 0.1) is 0 Å². The van der Waals surface area contributed by atoms with Crippen molar-refractivity contribution in [3.05, 3.63) is 54.1 Å². The van der Waals surface area contributed by atoms with E-state index >= 15 is 0 Å². The first-order valence-corrected chi connectivity index (χ1v) is 13.7. The predicted octanol–water partition coefficient (Wildman–Crippen LogP) is 3.61. The van der Waals surface area contributed by atoms with Gasteiger partial charge in [-0.25, -0.2) is 8.42 Å². The third-order valence-electron chi connectivity index (χ3n) is 6.85. The minimum Gasteiger partial charge on any atom is -0.315 e. The Morgan fingerprint density at radius 2 is 1.74 bits per heavy atom. The Bertz CT molecular complexity index is 1270. The van der Waals surface area contributed by atoms with Gasteiger partial charge in [0, 0.05) is 37.4 Å². The van der Waals surface area contributed by atoms with Gasteiger partial charge in [0.25, 0.3) is 5.91 Å². The van der Waals surface area contributed by atoms with Crippen LogP contribution in [0.2, 0.25) is 0 Å². The summed E-state index contributed by atoms with van der Waals surface area (Å²) in [6.07, 6.45) is 2.71. The summed E-state index contributed by atoms with van der Waals surface area (Å²) < 4.78 is 23.5. The molecule has 186 valence electrons. The molecule has 1 unspecified atom stereocenters. The van der Waals surface area contributed by atoms with Crippen LogP contribution in [0.5, 0.6) is 0 Å². The predicted molar refractivity (Wildman–Crippen MR) is 134 cm³/mol. The van der Waals surface area contributed by atoms with Crippen molar-refractivity contribution < 1.29 is 22.8 Å². The van der Waals surface area contributed by atoms with Crippen LogP contribution < -0.4 is 9.80 Å². The molecule has 0 aromatic heterocycles. The summed E-state index contributed by atoms with van der Waals surface area (Å²) in [5, 5.41) is 0. The molecule has 9 heteroatoms. The number of amides is 3. The Morgan fingerprint density at radius 1 is 1.09 bits per heavy atom. The largest absolute Gasteiger partial charge is 0.315 e. The molecule has 3 amide bonds. The van der Waals surface area contributed by atoms with Crippen molar-refractivity contribution in [2.75, 3.05) is 22.6 Å². The van der Waals surface area contributed by atoms with Gasteiger partial charge >= 0.3 is 0 Å². The van der Waals surface area contributed by atoms with Gasteiger partial charge in [0.2, 0.25) is 11.8 Å². The molecular formula is C26H31N3O5S. The van der Waals surface area contributed by atoms with E-state index in [4.69, 9.17) is 0 Å². The maximum Gasteiger partial charge on any atom is 0.257 e. The lowest BCUT2D eigenvalue weighted by atomic mass is 9.97. The summed E-state index contributed by atoms with van der Waals surface area (Å²) in [5.41, 5.74) is 1.03. The molecular weight excluding hydrogens is 466 g/mol. The molecule has 0 radical (unpaired) electrons. The maximum absolute atomic E-state index is 13.4. The van der Waals surface area contributed by atoms with Gasteiger partial charge in [-0.1, -0.05) is 12.1 Å². The highest BCUT2D eigenvalue weighted by molar-refractivity contribution is 7.90. The highest BCUT2D eigenvalue weighted by Crippen LogP contribution is 2.44. The molecule has 0 N–H and O–H groups in total. The van der Waals surface area contributed by atoms with Crippen molar-refractivity contribution in [2.24, 2.45) is 0 Å². The minimum atomic E-state index is -3.32. The van der Waals surface area contributed by atoms with E-state index in [9.17, 15) is 22.8 Å². The first-order valence-electron chi connectivity index (χ1n) is 11.8. The van der Waals surface area contributed by atoms with E-state index in [-0.39, 0.29) is 35.1 Å². The Hall–Kier alpha value is -3.20. The fourth-order valence-electron chi connectivity index (χ4n) is 5.13. The second-order valence-corrected chi connectivity index (χ2v) is 11.7. The van der Waals surface area contributed by atoms with Crippen LogP contribution in [0.4, 0.5) is 11.4 Å². The Morgan fingerprint density at radius 3 is 2.37 bits per heavy atom. The molecule has 2 aromatic rings. The second kappa shape index (κ2) is 9.11. The number of anilines is 2. The number of hydrogen-bond acceptors (Lipinski definition) is 5. The van der Waals surface area contributed by atoms with Crippen molar-refractivity contribution in [3.8, 4) is 0 Å². The van der Waals surface area contributed by atoms with E-state index in [0.717, 1.165) is 6.26 Å². The molecule has 0 spiro atoms. The van der Waals surface area contributed by atoms with Gasteiger partial charge in [0.15, 0.2) is 9.84 Å². The Kier molecular flexibility index (Phi) is 6.48. The average Bonchev–Trinajstić information content (AvgIpc) is 3.11. The number of hydrogen-bond donors (Lipinski definition) is 0. The van der Waals surface area contributed by atoms with E-state index < -0.39 is 15.5 Å². The van der Waals surface area contributed by atoms with Crippen molar-refractivity contribution in [1.82, 2.24) is 4.90 Å². The molecule has 1 saturated heterocycles. The monoisotopic (exact) mass is 497 g/mol. The van der Waals surface area contributed by atoms with Crippen LogP contribution in [-0.4, -0.2) is 55.5 Å². The highest BCUT2D eigenvalue weighted by atomic mass is 32.2. The topological polar surface area (TPSA) is 95.1 Å². The number of fused-ring (bicyclic) bond motifs is 3. The molecule has 2 aromatic carbocycles. The number of benzene rings is 2.